The van der Waals surface area contributed by atoms with Crippen molar-refractivity contribution in [2.45, 2.75) is 39.5 Å². The van der Waals surface area contributed by atoms with Gasteiger partial charge in [0.15, 0.2) is 0 Å². The summed E-state index contributed by atoms with van der Waals surface area (Å²) in [6, 6.07) is 11.6. The smallest absolute Gasteiger partial charge is 0.267 e. The fraction of sp³-hybridized carbons (Fsp3) is 0.318. The van der Waals surface area contributed by atoms with Gasteiger partial charge in [0.25, 0.3) is 11.5 Å². The summed E-state index contributed by atoms with van der Waals surface area (Å²) in [6.07, 6.45) is 4.03. The van der Waals surface area contributed by atoms with Crippen LogP contribution in [0.1, 0.15) is 50.9 Å². The summed E-state index contributed by atoms with van der Waals surface area (Å²) in [5.74, 6) is -0.143. The fourth-order valence-electron chi connectivity index (χ4n) is 3.03. The van der Waals surface area contributed by atoms with Gasteiger partial charge in [-0.25, -0.2) is 5.43 Å². The fourth-order valence-corrected chi connectivity index (χ4v) is 3.14. The molecule has 0 bridgehead atoms. The van der Waals surface area contributed by atoms with Crippen LogP contribution in [0.15, 0.2) is 52.4 Å². The number of aromatic amines is 1. The van der Waals surface area contributed by atoms with Crippen molar-refractivity contribution < 1.29 is 4.79 Å². The molecule has 2 heterocycles. The normalized spacial score (nSPS) is 19.8. The van der Waals surface area contributed by atoms with E-state index in [4.69, 9.17) is 11.6 Å². The molecule has 146 valence electrons. The van der Waals surface area contributed by atoms with Gasteiger partial charge in [-0.15, -0.1) is 0 Å². The van der Waals surface area contributed by atoms with Gasteiger partial charge in [-0.1, -0.05) is 62.7 Å². The number of rotatable bonds is 4. The van der Waals surface area contributed by atoms with Crippen LogP contribution in [0.3, 0.4) is 0 Å². The molecule has 0 aliphatic carbocycles. The maximum absolute atomic E-state index is 12.1. The van der Waals surface area contributed by atoms with Crippen LogP contribution in [0.4, 0.5) is 0 Å². The highest BCUT2D eigenvalue weighted by Crippen LogP contribution is 2.30. The summed E-state index contributed by atoms with van der Waals surface area (Å²) < 4.78 is 0. The average molecular weight is 398 g/mol. The minimum atomic E-state index is -0.719. The monoisotopic (exact) mass is 397 g/mol. The molecular formula is C22H24ClN3O2. The maximum Gasteiger partial charge on any atom is 0.267 e. The SMILES string of the molecule is CC1(CC=C(c2ccc(C(C)(C)C)cc2)c2ccc(Cl)c(=O)[nH]2)C=NNC1=O. The number of H-pyrrole nitrogens is 1. The largest absolute Gasteiger partial charge is 0.321 e. The first kappa shape index (κ1) is 20.1. The third-order valence-electron chi connectivity index (χ3n) is 4.98. The Morgan fingerprint density at radius 3 is 2.36 bits per heavy atom. The minimum Gasteiger partial charge on any atom is -0.321 e. The van der Waals surface area contributed by atoms with Gasteiger partial charge in [0.1, 0.15) is 5.02 Å². The van der Waals surface area contributed by atoms with Crippen LogP contribution in [0.25, 0.3) is 5.57 Å². The van der Waals surface area contributed by atoms with Crippen LogP contribution in [0, 0.1) is 5.41 Å². The van der Waals surface area contributed by atoms with Crippen molar-refractivity contribution in [1.29, 1.82) is 0 Å². The molecule has 1 aromatic carbocycles. The molecule has 1 atom stereocenters. The van der Waals surface area contributed by atoms with E-state index in [1.165, 1.54) is 5.56 Å². The number of carbonyl (C=O) groups excluding carboxylic acids is 1. The Morgan fingerprint density at radius 1 is 1.14 bits per heavy atom. The Bertz CT molecular complexity index is 1010. The first-order valence-corrected chi connectivity index (χ1v) is 9.53. The number of hydrazone groups is 1. The van der Waals surface area contributed by atoms with E-state index in [0.717, 1.165) is 11.1 Å². The highest BCUT2D eigenvalue weighted by atomic mass is 35.5. The first-order chi connectivity index (χ1) is 13.1. The number of nitrogens with zero attached hydrogens (tertiary/aromatic N) is 1. The number of halogens is 1. The highest BCUT2D eigenvalue weighted by Gasteiger charge is 2.34. The van der Waals surface area contributed by atoms with Crippen LogP contribution in [0.5, 0.6) is 0 Å². The molecule has 6 heteroatoms. The van der Waals surface area contributed by atoms with Crippen molar-refractivity contribution in [1.82, 2.24) is 10.4 Å². The van der Waals surface area contributed by atoms with Crippen LogP contribution in [-0.4, -0.2) is 17.1 Å². The Labute approximate surface area is 169 Å². The summed E-state index contributed by atoms with van der Waals surface area (Å²) in [7, 11) is 0. The van der Waals surface area contributed by atoms with Crippen molar-refractivity contribution >= 4 is 29.3 Å². The van der Waals surface area contributed by atoms with Crippen LogP contribution < -0.4 is 11.0 Å². The van der Waals surface area contributed by atoms with Gasteiger partial charge in [0, 0.05) is 17.5 Å². The molecular weight excluding hydrogens is 374 g/mol. The second kappa shape index (κ2) is 7.40. The topological polar surface area (TPSA) is 74.3 Å². The van der Waals surface area contributed by atoms with Crippen molar-refractivity contribution in [2.24, 2.45) is 10.5 Å². The van der Waals surface area contributed by atoms with Gasteiger partial charge in [-0.05, 0) is 42.0 Å². The second-order valence-corrected chi connectivity index (χ2v) is 8.72. The Morgan fingerprint density at radius 2 is 1.82 bits per heavy atom. The van der Waals surface area contributed by atoms with Gasteiger partial charge >= 0.3 is 0 Å². The summed E-state index contributed by atoms with van der Waals surface area (Å²) in [6.45, 7) is 8.32. The van der Waals surface area contributed by atoms with E-state index in [1.807, 2.05) is 25.1 Å². The zero-order valence-electron chi connectivity index (χ0n) is 16.5. The lowest BCUT2D eigenvalue weighted by atomic mass is 9.84. The zero-order valence-corrected chi connectivity index (χ0v) is 17.2. The number of pyridine rings is 1. The third-order valence-corrected chi connectivity index (χ3v) is 5.28. The lowest BCUT2D eigenvalue weighted by Gasteiger charge is -2.20. The van der Waals surface area contributed by atoms with Gasteiger partial charge < -0.3 is 4.98 Å². The number of carbonyl (C=O) groups is 1. The standard InChI is InChI=1S/C22H24ClN3O2/c1-21(2,3)15-7-5-14(6-8-15)16(18-10-9-17(23)19(27)25-18)11-12-22(4)13-24-26-20(22)28/h5-11,13H,12H2,1-4H3,(H,25,27)(H,26,28). The average Bonchev–Trinajstić information content (AvgIpc) is 2.97. The van der Waals surface area contributed by atoms with Gasteiger partial charge in [-0.2, -0.15) is 5.10 Å². The molecule has 0 saturated carbocycles. The molecule has 5 nitrogen and oxygen atoms in total. The van der Waals surface area contributed by atoms with E-state index in [9.17, 15) is 9.59 Å². The van der Waals surface area contributed by atoms with Crippen LogP contribution >= 0.6 is 11.6 Å². The highest BCUT2D eigenvalue weighted by molar-refractivity contribution is 6.30. The van der Waals surface area contributed by atoms with Crippen molar-refractivity contribution in [2.75, 3.05) is 0 Å². The second-order valence-electron chi connectivity index (χ2n) is 8.31. The quantitative estimate of drug-likeness (QED) is 0.808. The number of benzene rings is 1. The van der Waals surface area contributed by atoms with E-state index in [-0.39, 0.29) is 21.9 Å². The molecule has 2 N–H and O–H groups in total. The van der Waals surface area contributed by atoms with E-state index in [1.54, 1.807) is 18.3 Å². The zero-order chi connectivity index (χ0) is 20.5. The molecule has 0 spiro atoms. The summed E-state index contributed by atoms with van der Waals surface area (Å²) >= 11 is 5.89. The van der Waals surface area contributed by atoms with Crippen molar-refractivity contribution in [3.8, 4) is 0 Å². The Kier molecular flexibility index (Phi) is 5.31. The summed E-state index contributed by atoms with van der Waals surface area (Å²) in [5, 5.41) is 4.02. The molecule has 0 fully saturated rings. The molecule has 1 unspecified atom stereocenters. The van der Waals surface area contributed by atoms with Gasteiger partial charge in [-0.3, -0.25) is 9.59 Å². The maximum atomic E-state index is 12.1. The van der Waals surface area contributed by atoms with Crippen LogP contribution in [0.2, 0.25) is 5.02 Å². The molecule has 1 amide bonds. The molecule has 3 rings (SSSR count). The van der Waals surface area contributed by atoms with E-state index >= 15 is 0 Å². The molecule has 1 aliphatic heterocycles. The lowest BCUT2D eigenvalue weighted by Crippen LogP contribution is -2.30. The number of nitrogens with one attached hydrogen (secondary N) is 2. The molecule has 1 aliphatic rings. The molecule has 2 aromatic rings. The Balaban J connectivity index is 2.05. The third kappa shape index (κ3) is 4.09. The predicted octanol–water partition coefficient (Wildman–Crippen LogP) is 4.27. The van der Waals surface area contributed by atoms with Gasteiger partial charge in [0.05, 0.1) is 5.41 Å². The number of allylic oxidation sites excluding steroid dienone is 1. The molecule has 28 heavy (non-hydrogen) atoms. The minimum absolute atomic E-state index is 0.0445. The number of hydrogen-bond acceptors (Lipinski definition) is 3. The van der Waals surface area contributed by atoms with E-state index in [0.29, 0.717) is 12.1 Å². The predicted molar refractivity (Wildman–Crippen MR) is 114 cm³/mol. The first-order valence-electron chi connectivity index (χ1n) is 9.15. The molecule has 0 radical (unpaired) electrons. The van der Waals surface area contributed by atoms with Crippen molar-refractivity contribution in [3.05, 3.63) is 74.7 Å². The number of hydrogen-bond donors (Lipinski definition) is 2. The number of amides is 1. The van der Waals surface area contributed by atoms with Crippen molar-refractivity contribution in [3.63, 3.8) is 0 Å². The summed E-state index contributed by atoms with van der Waals surface area (Å²) in [5.41, 5.74) is 5.11. The molecule has 1 aromatic heterocycles. The summed E-state index contributed by atoms with van der Waals surface area (Å²) in [4.78, 5) is 27.0. The number of aromatic nitrogens is 1. The Hall–Kier alpha value is -2.66. The lowest BCUT2D eigenvalue weighted by molar-refractivity contribution is -0.125. The molecule has 0 saturated heterocycles. The van der Waals surface area contributed by atoms with E-state index in [2.05, 4.69) is 48.4 Å². The van der Waals surface area contributed by atoms with Crippen LogP contribution in [-0.2, 0) is 10.2 Å². The van der Waals surface area contributed by atoms with Gasteiger partial charge in [0.2, 0.25) is 0 Å². The van der Waals surface area contributed by atoms with E-state index < -0.39 is 5.41 Å².